The largest absolute Gasteiger partial charge is 0.389 e. The number of thiocarbonyl (C=S) groups is 1. The number of rotatable bonds is 5. The van der Waals surface area contributed by atoms with E-state index >= 15 is 0 Å². The molecule has 0 atom stereocenters. The monoisotopic (exact) mass is 344 g/mol. The van der Waals surface area contributed by atoms with E-state index < -0.39 is 18.9 Å². The van der Waals surface area contributed by atoms with Crippen molar-refractivity contribution in [2.75, 3.05) is 11.9 Å². The number of alkyl halides is 4. The fourth-order valence-corrected chi connectivity index (χ4v) is 2.14. The first kappa shape index (κ1) is 15.2. The van der Waals surface area contributed by atoms with Gasteiger partial charge in [0, 0.05) is 15.7 Å². The normalized spacial score (nSPS) is 11.7. The van der Waals surface area contributed by atoms with Crippen LogP contribution in [0.1, 0.15) is 5.56 Å². The molecule has 0 spiro atoms. The molecule has 0 saturated heterocycles. The number of nitrogens with one attached hydrogen (secondary N) is 1. The lowest BCUT2D eigenvalue weighted by Gasteiger charge is -2.18. The highest BCUT2D eigenvalue weighted by Crippen LogP contribution is 2.27. The van der Waals surface area contributed by atoms with Crippen molar-refractivity contribution >= 4 is 38.8 Å². The van der Waals surface area contributed by atoms with E-state index in [1.54, 1.807) is 12.1 Å². The molecule has 3 N–H and O–H groups in total. The molecule has 1 aromatic rings. The maximum absolute atomic E-state index is 12.8. The summed E-state index contributed by atoms with van der Waals surface area (Å²) in [6, 6.07) is 4.60. The second-order valence-electron chi connectivity index (χ2n) is 3.44. The summed E-state index contributed by atoms with van der Waals surface area (Å²) in [4.78, 5) is -0.0228. The quantitative estimate of drug-likeness (QED) is 0.635. The molecule has 0 aliphatic carbocycles. The summed E-state index contributed by atoms with van der Waals surface area (Å²) < 4.78 is 50.1. The van der Waals surface area contributed by atoms with Gasteiger partial charge in [0.25, 0.3) is 0 Å². The Morgan fingerprint density at radius 1 is 1.44 bits per heavy atom. The van der Waals surface area contributed by atoms with E-state index in [1.165, 1.54) is 6.07 Å². The van der Waals surface area contributed by atoms with Crippen LogP contribution >= 0.6 is 28.1 Å². The molecule has 100 valence electrons. The third-order valence-corrected chi connectivity index (χ3v) is 2.96. The minimum absolute atomic E-state index is 0.0228. The standard InChI is InChI=1S/C10H9BrF4N2S/c11-5-2-1-3-6(7(5)8(16)18)17-4-10(14,15)9(12)13/h1-3,9,17H,4H2,(H2,16,18). The van der Waals surface area contributed by atoms with E-state index in [1.807, 2.05) is 0 Å². The van der Waals surface area contributed by atoms with Gasteiger partial charge in [0.1, 0.15) is 4.99 Å². The fourth-order valence-electron chi connectivity index (χ4n) is 1.21. The second-order valence-corrected chi connectivity index (χ2v) is 4.74. The average Bonchev–Trinajstić information content (AvgIpc) is 2.25. The van der Waals surface area contributed by atoms with E-state index in [4.69, 9.17) is 18.0 Å². The molecule has 0 amide bonds. The van der Waals surface area contributed by atoms with Gasteiger partial charge in [-0.1, -0.05) is 18.3 Å². The Labute approximate surface area is 115 Å². The zero-order chi connectivity index (χ0) is 13.9. The van der Waals surface area contributed by atoms with Gasteiger partial charge >= 0.3 is 12.3 Å². The van der Waals surface area contributed by atoms with Gasteiger partial charge in [-0.3, -0.25) is 0 Å². The SMILES string of the molecule is NC(=S)c1c(Br)cccc1NCC(F)(F)C(F)F. The van der Waals surface area contributed by atoms with Crippen molar-refractivity contribution in [1.29, 1.82) is 0 Å². The van der Waals surface area contributed by atoms with Crippen molar-refractivity contribution < 1.29 is 17.6 Å². The molecule has 0 aliphatic rings. The Bertz CT molecular complexity index is 454. The second kappa shape index (κ2) is 5.83. The van der Waals surface area contributed by atoms with E-state index in [2.05, 4.69) is 21.2 Å². The third-order valence-electron chi connectivity index (χ3n) is 2.09. The van der Waals surface area contributed by atoms with Crippen LogP contribution < -0.4 is 11.1 Å². The van der Waals surface area contributed by atoms with Gasteiger partial charge in [-0.25, -0.2) is 8.78 Å². The first-order valence-electron chi connectivity index (χ1n) is 4.74. The Hall–Kier alpha value is -0.890. The zero-order valence-electron chi connectivity index (χ0n) is 8.89. The van der Waals surface area contributed by atoms with E-state index in [9.17, 15) is 17.6 Å². The molecule has 0 bridgehead atoms. The molecule has 0 aliphatic heterocycles. The summed E-state index contributed by atoms with van der Waals surface area (Å²) in [6.07, 6.45) is -3.73. The minimum atomic E-state index is -4.12. The molecule has 8 heteroatoms. The molecule has 18 heavy (non-hydrogen) atoms. The Morgan fingerprint density at radius 2 is 2.06 bits per heavy atom. The molecule has 1 rings (SSSR count). The van der Waals surface area contributed by atoms with Crippen LogP contribution in [0, 0.1) is 0 Å². The fraction of sp³-hybridized carbons (Fsp3) is 0.300. The van der Waals surface area contributed by atoms with Crippen LogP contribution in [-0.2, 0) is 0 Å². The smallest absolute Gasteiger partial charge is 0.324 e. The first-order valence-corrected chi connectivity index (χ1v) is 5.94. The predicted molar refractivity (Wildman–Crippen MR) is 69.5 cm³/mol. The van der Waals surface area contributed by atoms with Crippen LogP contribution in [0.25, 0.3) is 0 Å². The highest BCUT2D eigenvalue weighted by molar-refractivity contribution is 9.10. The summed E-state index contributed by atoms with van der Waals surface area (Å²) in [5, 5.41) is 2.23. The molecule has 0 heterocycles. The lowest BCUT2D eigenvalue weighted by Crippen LogP contribution is -2.35. The predicted octanol–water partition coefficient (Wildman–Crippen LogP) is 3.40. The third kappa shape index (κ3) is 3.55. The molecule has 1 aromatic carbocycles. The molecule has 0 unspecified atom stereocenters. The van der Waals surface area contributed by atoms with Gasteiger partial charge in [0.05, 0.1) is 6.54 Å². The number of hydrogen-bond acceptors (Lipinski definition) is 2. The van der Waals surface area contributed by atoms with Crippen LogP contribution in [0.2, 0.25) is 0 Å². The highest BCUT2D eigenvalue weighted by Gasteiger charge is 2.40. The summed E-state index contributed by atoms with van der Waals surface area (Å²) in [5.41, 5.74) is 5.92. The number of nitrogens with two attached hydrogens (primary N) is 1. The van der Waals surface area contributed by atoms with Crippen molar-refractivity contribution in [2.45, 2.75) is 12.3 Å². The maximum Gasteiger partial charge on any atom is 0.324 e. The van der Waals surface area contributed by atoms with E-state index in [-0.39, 0.29) is 10.7 Å². The molecule has 0 aromatic heterocycles. The molecule has 2 nitrogen and oxygen atoms in total. The number of anilines is 1. The van der Waals surface area contributed by atoms with Crippen molar-refractivity contribution in [3.8, 4) is 0 Å². The number of hydrogen-bond donors (Lipinski definition) is 2. The molecular weight excluding hydrogens is 336 g/mol. The van der Waals surface area contributed by atoms with Crippen LogP contribution in [0.4, 0.5) is 23.2 Å². The van der Waals surface area contributed by atoms with Crippen molar-refractivity contribution in [3.63, 3.8) is 0 Å². The van der Waals surface area contributed by atoms with Gasteiger partial charge in [0.15, 0.2) is 0 Å². The first-order chi connectivity index (χ1) is 8.25. The average molecular weight is 345 g/mol. The zero-order valence-corrected chi connectivity index (χ0v) is 11.3. The van der Waals surface area contributed by atoms with E-state index in [0.717, 1.165) is 0 Å². The van der Waals surface area contributed by atoms with Gasteiger partial charge in [0.2, 0.25) is 0 Å². The van der Waals surface area contributed by atoms with Crippen molar-refractivity contribution in [2.24, 2.45) is 5.73 Å². The van der Waals surface area contributed by atoms with Gasteiger partial charge in [-0.05, 0) is 28.1 Å². The molecule has 0 radical (unpaired) electrons. The Balaban J connectivity index is 2.92. The van der Waals surface area contributed by atoms with Crippen LogP contribution in [0.15, 0.2) is 22.7 Å². The number of halogens is 5. The van der Waals surface area contributed by atoms with Crippen LogP contribution in [-0.4, -0.2) is 23.9 Å². The number of benzene rings is 1. The minimum Gasteiger partial charge on any atom is -0.389 e. The maximum atomic E-state index is 12.8. The Morgan fingerprint density at radius 3 is 2.56 bits per heavy atom. The van der Waals surface area contributed by atoms with Crippen LogP contribution in [0.5, 0.6) is 0 Å². The summed E-state index contributed by atoms with van der Waals surface area (Å²) >= 11 is 7.92. The molecular formula is C10H9BrF4N2S. The van der Waals surface area contributed by atoms with Gasteiger partial charge in [-0.15, -0.1) is 0 Å². The molecule has 0 fully saturated rings. The van der Waals surface area contributed by atoms with Gasteiger partial charge < -0.3 is 11.1 Å². The Kier molecular flexibility index (Phi) is 4.92. The summed E-state index contributed by atoms with van der Waals surface area (Å²) in [6.45, 7) is -1.20. The summed E-state index contributed by atoms with van der Waals surface area (Å²) in [5.74, 6) is -4.12. The van der Waals surface area contributed by atoms with Crippen LogP contribution in [0.3, 0.4) is 0 Å². The lowest BCUT2D eigenvalue weighted by molar-refractivity contribution is -0.117. The summed E-state index contributed by atoms with van der Waals surface area (Å²) in [7, 11) is 0. The molecule has 0 saturated carbocycles. The van der Waals surface area contributed by atoms with E-state index in [0.29, 0.717) is 10.0 Å². The lowest BCUT2D eigenvalue weighted by atomic mass is 10.1. The van der Waals surface area contributed by atoms with Gasteiger partial charge in [-0.2, -0.15) is 8.78 Å². The van der Waals surface area contributed by atoms with Crippen molar-refractivity contribution in [3.05, 3.63) is 28.2 Å². The highest BCUT2D eigenvalue weighted by atomic mass is 79.9. The van der Waals surface area contributed by atoms with Crippen molar-refractivity contribution in [1.82, 2.24) is 0 Å². The topological polar surface area (TPSA) is 38.0 Å².